The van der Waals surface area contributed by atoms with Crippen molar-refractivity contribution < 1.29 is 4.79 Å². The maximum atomic E-state index is 12.0. The Hall–Kier alpha value is -1.68. The Morgan fingerprint density at radius 2 is 1.89 bits per heavy atom. The van der Waals surface area contributed by atoms with Crippen LogP contribution in [0.15, 0.2) is 42.6 Å². The van der Waals surface area contributed by atoms with Gasteiger partial charge in [0, 0.05) is 23.8 Å². The summed E-state index contributed by atoms with van der Waals surface area (Å²) >= 11 is 3.41. The second-order valence-electron chi connectivity index (χ2n) is 4.27. The lowest BCUT2D eigenvalue weighted by atomic mass is 10.1. The molecule has 1 N–H and O–H groups in total. The van der Waals surface area contributed by atoms with Crippen LogP contribution in [-0.4, -0.2) is 10.9 Å². The first-order valence-electron chi connectivity index (χ1n) is 6.04. The predicted molar refractivity (Wildman–Crippen MR) is 79.2 cm³/mol. The van der Waals surface area contributed by atoms with Gasteiger partial charge in [0.25, 0.3) is 5.91 Å². The van der Waals surface area contributed by atoms with Crippen LogP contribution in [0.5, 0.6) is 0 Å². The first kappa shape index (κ1) is 13.7. The molecule has 0 unspecified atom stereocenters. The first-order chi connectivity index (χ1) is 9.20. The maximum absolute atomic E-state index is 12.0. The van der Waals surface area contributed by atoms with Crippen LogP contribution in [-0.2, 0) is 11.9 Å². The lowest BCUT2D eigenvalue weighted by molar-refractivity contribution is 0.0950. The van der Waals surface area contributed by atoms with Gasteiger partial charge in [-0.15, -0.1) is 0 Å². The van der Waals surface area contributed by atoms with Crippen molar-refractivity contribution in [3.05, 3.63) is 65.0 Å². The number of alkyl halides is 1. The van der Waals surface area contributed by atoms with Crippen molar-refractivity contribution in [1.29, 1.82) is 0 Å². The van der Waals surface area contributed by atoms with Gasteiger partial charge in [-0.2, -0.15) is 0 Å². The zero-order chi connectivity index (χ0) is 13.7. The molecule has 0 atom stereocenters. The Morgan fingerprint density at radius 1 is 1.21 bits per heavy atom. The molecule has 2 aromatic rings. The average molecular weight is 319 g/mol. The Bertz CT molecular complexity index is 567. The van der Waals surface area contributed by atoms with E-state index in [0.29, 0.717) is 12.1 Å². The minimum absolute atomic E-state index is 0.0878. The zero-order valence-electron chi connectivity index (χ0n) is 10.7. The summed E-state index contributed by atoms with van der Waals surface area (Å²) in [5.41, 5.74) is 3.67. The van der Waals surface area contributed by atoms with E-state index >= 15 is 0 Å². The monoisotopic (exact) mass is 318 g/mol. The van der Waals surface area contributed by atoms with E-state index in [1.165, 1.54) is 5.56 Å². The van der Waals surface area contributed by atoms with Gasteiger partial charge < -0.3 is 5.32 Å². The second-order valence-corrected chi connectivity index (χ2v) is 4.83. The topological polar surface area (TPSA) is 42.0 Å². The quantitative estimate of drug-likeness (QED) is 0.879. The zero-order valence-corrected chi connectivity index (χ0v) is 12.3. The fourth-order valence-electron chi connectivity index (χ4n) is 1.75. The highest BCUT2D eigenvalue weighted by Crippen LogP contribution is 2.08. The van der Waals surface area contributed by atoms with Crippen LogP contribution in [0.25, 0.3) is 0 Å². The molecule has 0 aliphatic carbocycles. The number of amides is 1. The van der Waals surface area contributed by atoms with Gasteiger partial charge >= 0.3 is 0 Å². The van der Waals surface area contributed by atoms with Crippen molar-refractivity contribution in [2.24, 2.45) is 0 Å². The molecule has 0 aliphatic rings. The number of halogens is 1. The van der Waals surface area contributed by atoms with Gasteiger partial charge in [-0.3, -0.25) is 9.78 Å². The van der Waals surface area contributed by atoms with Gasteiger partial charge in [-0.05, 0) is 30.2 Å². The highest BCUT2D eigenvalue weighted by molar-refractivity contribution is 9.08. The summed E-state index contributed by atoms with van der Waals surface area (Å²) in [6.07, 6.45) is 1.69. The molecule has 19 heavy (non-hydrogen) atoms. The van der Waals surface area contributed by atoms with E-state index in [-0.39, 0.29) is 5.91 Å². The number of pyridine rings is 1. The Labute approximate surface area is 121 Å². The number of nitrogens with one attached hydrogen (secondary N) is 1. The third-order valence-electron chi connectivity index (χ3n) is 2.88. The fourth-order valence-corrected chi connectivity index (χ4v) is 2.12. The molecule has 0 fully saturated rings. The van der Waals surface area contributed by atoms with Gasteiger partial charge in [-0.1, -0.05) is 40.2 Å². The van der Waals surface area contributed by atoms with Crippen molar-refractivity contribution in [2.75, 3.05) is 0 Å². The van der Waals surface area contributed by atoms with E-state index in [2.05, 4.69) is 26.2 Å². The average Bonchev–Trinajstić information content (AvgIpc) is 2.46. The van der Waals surface area contributed by atoms with Crippen molar-refractivity contribution in [3.63, 3.8) is 0 Å². The van der Waals surface area contributed by atoms with Gasteiger partial charge in [-0.25, -0.2) is 0 Å². The molecule has 0 bridgehead atoms. The summed E-state index contributed by atoms with van der Waals surface area (Å²) in [6.45, 7) is 2.36. The molecule has 0 saturated heterocycles. The van der Waals surface area contributed by atoms with Crippen molar-refractivity contribution >= 4 is 21.8 Å². The molecule has 3 nitrogen and oxygen atoms in total. The normalized spacial score (nSPS) is 10.2. The minimum atomic E-state index is -0.0878. The van der Waals surface area contributed by atoms with Gasteiger partial charge in [0.05, 0.1) is 5.56 Å². The number of hydrogen-bond acceptors (Lipinski definition) is 2. The highest BCUT2D eigenvalue weighted by atomic mass is 79.9. The van der Waals surface area contributed by atoms with E-state index in [9.17, 15) is 4.79 Å². The molecule has 0 saturated carbocycles. The Balaban J connectivity index is 1.98. The molecule has 0 aliphatic heterocycles. The van der Waals surface area contributed by atoms with Gasteiger partial charge in [0.1, 0.15) is 0 Å². The van der Waals surface area contributed by atoms with E-state index in [0.717, 1.165) is 16.6 Å². The number of hydrogen-bond donors (Lipinski definition) is 1. The first-order valence-corrected chi connectivity index (χ1v) is 7.16. The van der Waals surface area contributed by atoms with E-state index in [4.69, 9.17) is 0 Å². The Kier molecular flexibility index (Phi) is 4.68. The molecule has 1 amide bonds. The maximum Gasteiger partial charge on any atom is 0.253 e. The van der Waals surface area contributed by atoms with Crippen molar-refractivity contribution in [2.45, 2.75) is 18.8 Å². The van der Waals surface area contributed by atoms with Crippen LogP contribution in [0.2, 0.25) is 0 Å². The molecular weight excluding hydrogens is 304 g/mol. The second kappa shape index (κ2) is 6.48. The number of rotatable bonds is 4. The molecule has 1 heterocycles. The predicted octanol–water partition coefficient (Wildman–Crippen LogP) is 3.21. The largest absolute Gasteiger partial charge is 0.348 e. The lowest BCUT2D eigenvalue weighted by Gasteiger charge is -2.07. The third-order valence-corrected chi connectivity index (χ3v) is 3.53. The smallest absolute Gasteiger partial charge is 0.253 e. The molecule has 98 valence electrons. The molecule has 0 radical (unpaired) electrons. The summed E-state index contributed by atoms with van der Waals surface area (Å²) in [6, 6.07) is 11.7. The van der Waals surface area contributed by atoms with Gasteiger partial charge in [0.15, 0.2) is 0 Å². The standard InChI is InChI=1S/C15H15BrN2O/c1-11-14(3-2-8-17-11)15(19)18-10-13-6-4-12(9-16)5-7-13/h2-8H,9-10H2,1H3,(H,18,19). The van der Waals surface area contributed by atoms with Crippen molar-refractivity contribution in [1.82, 2.24) is 10.3 Å². The third kappa shape index (κ3) is 3.64. The molecular formula is C15H15BrN2O. The van der Waals surface area contributed by atoms with Crippen LogP contribution in [0.1, 0.15) is 27.2 Å². The summed E-state index contributed by atoms with van der Waals surface area (Å²) in [5, 5.41) is 3.74. The van der Waals surface area contributed by atoms with Crippen LogP contribution >= 0.6 is 15.9 Å². The molecule has 0 spiro atoms. The van der Waals surface area contributed by atoms with Crippen LogP contribution in [0.4, 0.5) is 0 Å². The number of aryl methyl sites for hydroxylation is 1. The van der Waals surface area contributed by atoms with Crippen LogP contribution < -0.4 is 5.32 Å². The lowest BCUT2D eigenvalue weighted by Crippen LogP contribution is -2.23. The molecule has 4 heteroatoms. The van der Waals surface area contributed by atoms with Gasteiger partial charge in [0.2, 0.25) is 0 Å². The molecule has 1 aromatic heterocycles. The SMILES string of the molecule is Cc1ncccc1C(=O)NCc1ccc(CBr)cc1. The number of carbonyl (C=O) groups is 1. The number of nitrogens with zero attached hydrogens (tertiary/aromatic N) is 1. The van der Waals surface area contributed by atoms with Crippen LogP contribution in [0.3, 0.4) is 0 Å². The molecule has 2 rings (SSSR count). The fraction of sp³-hybridized carbons (Fsp3) is 0.200. The molecule has 1 aromatic carbocycles. The minimum Gasteiger partial charge on any atom is -0.348 e. The van der Waals surface area contributed by atoms with E-state index in [1.54, 1.807) is 18.3 Å². The van der Waals surface area contributed by atoms with Crippen molar-refractivity contribution in [3.8, 4) is 0 Å². The summed E-state index contributed by atoms with van der Waals surface area (Å²) < 4.78 is 0. The highest BCUT2D eigenvalue weighted by Gasteiger charge is 2.08. The summed E-state index contributed by atoms with van der Waals surface area (Å²) in [7, 11) is 0. The number of aromatic nitrogens is 1. The number of carbonyl (C=O) groups excluding carboxylic acids is 1. The van der Waals surface area contributed by atoms with E-state index in [1.807, 2.05) is 31.2 Å². The van der Waals surface area contributed by atoms with Crippen LogP contribution in [0, 0.1) is 6.92 Å². The van der Waals surface area contributed by atoms with E-state index < -0.39 is 0 Å². The summed E-state index contributed by atoms with van der Waals surface area (Å²) in [4.78, 5) is 16.1. The Morgan fingerprint density at radius 3 is 2.53 bits per heavy atom. The number of benzene rings is 1. The summed E-state index contributed by atoms with van der Waals surface area (Å²) in [5.74, 6) is -0.0878.